The van der Waals surface area contributed by atoms with Crippen molar-refractivity contribution in [3.8, 4) is 0 Å². The van der Waals surface area contributed by atoms with Crippen LogP contribution < -0.4 is 10.2 Å². The topological polar surface area (TPSA) is 35.6 Å². The summed E-state index contributed by atoms with van der Waals surface area (Å²) in [6, 6.07) is 9.43. The van der Waals surface area contributed by atoms with Crippen molar-refractivity contribution in [3.63, 3.8) is 0 Å². The van der Waals surface area contributed by atoms with Crippen LogP contribution in [0.15, 0.2) is 48.5 Å². The molecule has 0 bridgehead atoms. The van der Waals surface area contributed by atoms with E-state index in [1.807, 2.05) is 0 Å². The van der Waals surface area contributed by atoms with E-state index in [1.165, 1.54) is 18.2 Å². The van der Waals surface area contributed by atoms with Gasteiger partial charge in [-0.3, -0.25) is 9.69 Å². The molecule has 170 valence electrons. The number of halogens is 7. The third-order valence-corrected chi connectivity index (χ3v) is 4.75. The Bertz CT molecular complexity index is 895. The maximum absolute atomic E-state index is 12.9. The Morgan fingerprint density at radius 2 is 1.39 bits per heavy atom. The van der Waals surface area contributed by atoms with E-state index in [0.29, 0.717) is 31.9 Å². The third-order valence-electron chi connectivity index (χ3n) is 4.75. The highest BCUT2D eigenvalue weighted by atomic mass is 35.5. The lowest BCUT2D eigenvalue weighted by atomic mass is 10.1. The van der Waals surface area contributed by atoms with Gasteiger partial charge in [0, 0.05) is 37.6 Å². The summed E-state index contributed by atoms with van der Waals surface area (Å²) in [5.74, 6) is -0.457. The van der Waals surface area contributed by atoms with Gasteiger partial charge in [-0.05, 0) is 36.4 Å². The Kier molecular flexibility index (Phi) is 7.82. The smallest absolute Gasteiger partial charge is 0.369 e. The van der Waals surface area contributed by atoms with Gasteiger partial charge in [0.05, 0.1) is 17.7 Å². The molecule has 0 saturated carbocycles. The summed E-state index contributed by atoms with van der Waals surface area (Å²) >= 11 is 0. The van der Waals surface area contributed by atoms with E-state index < -0.39 is 29.4 Å². The maximum atomic E-state index is 12.9. The molecule has 1 aliphatic heterocycles. The lowest BCUT2D eigenvalue weighted by molar-refractivity contribution is -0.138. The van der Waals surface area contributed by atoms with Crippen molar-refractivity contribution in [1.82, 2.24) is 4.90 Å². The number of amides is 1. The average molecular weight is 468 g/mol. The summed E-state index contributed by atoms with van der Waals surface area (Å²) in [6.45, 7) is 1.71. The van der Waals surface area contributed by atoms with E-state index in [9.17, 15) is 31.1 Å². The van der Waals surface area contributed by atoms with Gasteiger partial charge in [0.2, 0.25) is 5.91 Å². The first kappa shape index (κ1) is 24.8. The summed E-state index contributed by atoms with van der Waals surface area (Å²) in [4.78, 5) is 15.8. The quantitative estimate of drug-likeness (QED) is 0.649. The highest BCUT2D eigenvalue weighted by Gasteiger charge is 2.32. The molecule has 2 aromatic rings. The second kappa shape index (κ2) is 9.78. The molecule has 1 heterocycles. The SMILES string of the molecule is Cl.O=C(CN1CCN(c2cccc(C(F)(F)F)c2)CC1)Nc1cccc(C(F)(F)F)c1. The summed E-state index contributed by atoms with van der Waals surface area (Å²) in [5.41, 5.74) is -1.06. The van der Waals surface area contributed by atoms with E-state index in [1.54, 1.807) is 15.9 Å². The molecular formula is C20H20ClF6N3O. The molecule has 11 heteroatoms. The Morgan fingerprint density at radius 3 is 1.97 bits per heavy atom. The summed E-state index contributed by atoms with van der Waals surface area (Å²) in [5, 5.41) is 2.45. The fraction of sp³-hybridized carbons (Fsp3) is 0.350. The lowest BCUT2D eigenvalue weighted by Crippen LogP contribution is -2.48. The van der Waals surface area contributed by atoms with E-state index in [2.05, 4.69) is 5.32 Å². The van der Waals surface area contributed by atoms with Crippen molar-refractivity contribution in [2.45, 2.75) is 12.4 Å². The molecule has 31 heavy (non-hydrogen) atoms. The molecule has 1 aliphatic rings. The number of carbonyl (C=O) groups excluding carboxylic acids is 1. The maximum Gasteiger partial charge on any atom is 0.416 e. The zero-order valence-corrected chi connectivity index (χ0v) is 16.9. The second-order valence-electron chi connectivity index (χ2n) is 6.94. The van der Waals surface area contributed by atoms with Gasteiger partial charge >= 0.3 is 12.4 Å². The highest BCUT2D eigenvalue weighted by Crippen LogP contribution is 2.32. The number of nitrogens with one attached hydrogen (secondary N) is 1. The van der Waals surface area contributed by atoms with Gasteiger partial charge in [-0.1, -0.05) is 12.1 Å². The Morgan fingerprint density at radius 1 is 0.839 bits per heavy atom. The number of anilines is 2. The molecule has 1 fully saturated rings. The predicted octanol–water partition coefficient (Wildman–Crippen LogP) is 4.91. The van der Waals surface area contributed by atoms with Crippen LogP contribution in [0.2, 0.25) is 0 Å². The van der Waals surface area contributed by atoms with Gasteiger partial charge in [0.1, 0.15) is 0 Å². The summed E-state index contributed by atoms with van der Waals surface area (Å²) in [7, 11) is 0. The Balaban J connectivity index is 0.00000341. The fourth-order valence-corrected chi connectivity index (χ4v) is 3.22. The molecule has 0 aliphatic carbocycles. The monoisotopic (exact) mass is 467 g/mol. The zero-order chi connectivity index (χ0) is 21.9. The van der Waals surface area contributed by atoms with Crippen LogP contribution in [-0.2, 0) is 17.1 Å². The molecule has 1 saturated heterocycles. The van der Waals surface area contributed by atoms with Gasteiger partial charge in [-0.2, -0.15) is 26.3 Å². The molecule has 1 amide bonds. The number of nitrogens with zero attached hydrogens (tertiary/aromatic N) is 2. The van der Waals surface area contributed by atoms with Crippen LogP contribution in [-0.4, -0.2) is 43.5 Å². The summed E-state index contributed by atoms with van der Waals surface area (Å²) < 4.78 is 76.9. The minimum atomic E-state index is -4.50. The first-order chi connectivity index (χ1) is 14.0. The molecular weight excluding hydrogens is 448 g/mol. The fourth-order valence-electron chi connectivity index (χ4n) is 3.22. The average Bonchev–Trinajstić information content (AvgIpc) is 2.67. The van der Waals surface area contributed by atoms with Crippen molar-refractivity contribution >= 4 is 29.7 Å². The van der Waals surface area contributed by atoms with Crippen molar-refractivity contribution < 1.29 is 31.1 Å². The molecule has 0 aromatic heterocycles. The molecule has 0 unspecified atom stereocenters. The number of alkyl halides is 6. The first-order valence-corrected chi connectivity index (χ1v) is 9.14. The number of hydrogen-bond acceptors (Lipinski definition) is 3. The van der Waals surface area contributed by atoms with Crippen LogP contribution in [0.5, 0.6) is 0 Å². The van der Waals surface area contributed by atoms with Crippen molar-refractivity contribution in [2.24, 2.45) is 0 Å². The zero-order valence-electron chi connectivity index (χ0n) is 16.1. The van der Waals surface area contributed by atoms with Crippen molar-refractivity contribution in [1.29, 1.82) is 0 Å². The van der Waals surface area contributed by atoms with Gasteiger partial charge in [-0.25, -0.2) is 0 Å². The van der Waals surface area contributed by atoms with E-state index in [0.717, 1.165) is 24.3 Å². The molecule has 3 rings (SSSR count). The highest BCUT2D eigenvalue weighted by molar-refractivity contribution is 5.92. The third kappa shape index (κ3) is 6.76. The number of rotatable bonds is 4. The standard InChI is InChI=1S/C20H19F6N3O.ClH/c21-19(22,23)14-3-1-5-16(11-14)27-18(30)13-28-7-9-29(10-8-28)17-6-2-4-15(12-17)20(24,25)26;/h1-6,11-12H,7-10,13H2,(H,27,30);1H. The minimum Gasteiger partial charge on any atom is -0.369 e. The molecule has 0 spiro atoms. The number of benzene rings is 2. The minimum absolute atomic E-state index is 0. The van der Waals surface area contributed by atoms with Crippen LogP contribution in [0.1, 0.15) is 11.1 Å². The Hall–Kier alpha value is -2.46. The van der Waals surface area contributed by atoms with Crippen LogP contribution in [0.3, 0.4) is 0 Å². The van der Waals surface area contributed by atoms with Crippen molar-refractivity contribution in [2.75, 3.05) is 42.9 Å². The number of hydrogen-bond donors (Lipinski definition) is 1. The number of carbonyl (C=O) groups is 1. The van der Waals surface area contributed by atoms with Gasteiger partial charge in [0.25, 0.3) is 0 Å². The van der Waals surface area contributed by atoms with Crippen LogP contribution in [0.4, 0.5) is 37.7 Å². The largest absolute Gasteiger partial charge is 0.416 e. The normalized spacial score (nSPS) is 15.4. The predicted molar refractivity (Wildman–Crippen MR) is 107 cm³/mol. The van der Waals surface area contributed by atoms with Crippen molar-refractivity contribution in [3.05, 3.63) is 59.7 Å². The van der Waals surface area contributed by atoms with Crippen LogP contribution in [0.25, 0.3) is 0 Å². The van der Waals surface area contributed by atoms with Gasteiger partial charge in [0.15, 0.2) is 0 Å². The molecule has 1 N–H and O–H groups in total. The number of piperazine rings is 1. The van der Waals surface area contributed by atoms with Crippen LogP contribution >= 0.6 is 12.4 Å². The molecule has 0 radical (unpaired) electrons. The first-order valence-electron chi connectivity index (χ1n) is 9.14. The van der Waals surface area contributed by atoms with Gasteiger partial charge < -0.3 is 10.2 Å². The van der Waals surface area contributed by atoms with Gasteiger partial charge in [-0.15, -0.1) is 12.4 Å². The van der Waals surface area contributed by atoms with E-state index in [-0.39, 0.29) is 24.6 Å². The second-order valence-corrected chi connectivity index (χ2v) is 6.94. The lowest BCUT2D eigenvalue weighted by Gasteiger charge is -2.36. The van der Waals surface area contributed by atoms with E-state index in [4.69, 9.17) is 0 Å². The van der Waals surface area contributed by atoms with E-state index >= 15 is 0 Å². The Labute approximate surface area is 181 Å². The van der Waals surface area contributed by atoms with Crippen LogP contribution in [0, 0.1) is 0 Å². The molecule has 4 nitrogen and oxygen atoms in total. The summed E-state index contributed by atoms with van der Waals surface area (Å²) in [6.07, 6.45) is -8.92. The molecule has 0 atom stereocenters. The molecule has 2 aromatic carbocycles.